The molecule has 0 saturated carbocycles. The highest BCUT2D eigenvalue weighted by Crippen LogP contribution is 2.29. The fourth-order valence-corrected chi connectivity index (χ4v) is 5.62. The van der Waals surface area contributed by atoms with Gasteiger partial charge in [0, 0.05) is 51.7 Å². The average Bonchev–Trinajstić information content (AvgIpc) is 3.41. The molecule has 10 nitrogen and oxygen atoms in total. The lowest BCUT2D eigenvalue weighted by Gasteiger charge is -2.35. The number of hydrogen-bond donors (Lipinski definition) is 1. The van der Waals surface area contributed by atoms with Crippen molar-refractivity contribution < 1.29 is 4.74 Å². The zero-order chi connectivity index (χ0) is 24.8. The summed E-state index contributed by atoms with van der Waals surface area (Å²) in [6, 6.07) is 9.11. The third-order valence-corrected chi connectivity index (χ3v) is 7.24. The molecule has 0 amide bonds. The normalized spacial score (nSPS) is 21.6. The van der Waals surface area contributed by atoms with Gasteiger partial charge in [-0.3, -0.25) is 9.47 Å². The predicted octanol–water partition coefficient (Wildman–Crippen LogP) is 2.28. The van der Waals surface area contributed by atoms with E-state index in [9.17, 15) is 0 Å². The van der Waals surface area contributed by atoms with Gasteiger partial charge in [0.1, 0.15) is 11.6 Å². The SMILES string of the molecule is CCc1nc2ccccc2n1-c1nc(N2CCOCC2)c2nc(CN3CC(C)NC(C)C3)n(C)c2n1. The first-order chi connectivity index (χ1) is 17.5. The van der Waals surface area contributed by atoms with Gasteiger partial charge in [-0.05, 0) is 26.0 Å². The number of anilines is 1. The van der Waals surface area contributed by atoms with Gasteiger partial charge >= 0.3 is 0 Å². The molecule has 5 heterocycles. The summed E-state index contributed by atoms with van der Waals surface area (Å²) in [6.07, 6.45) is 0.791. The highest BCUT2D eigenvalue weighted by molar-refractivity contribution is 5.86. The van der Waals surface area contributed by atoms with Gasteiger partial charge in [0.25, 0.3) is 0 Å². The number of aromatic nitrogens is 6. The van der Waals surface area contributed by atoms with Crippen LogP contribution in [0.15, 0.2) is 24.3 Å². The fraction of sp³-hybridized carbons (Fsp3) is 0.538. The second-order valence-corrected chi connectivity index (χ2v) is 10.1. The molecule has 4 aromatic rings. The van der Waals surface area contributed by atoms with E-state index in [1.807, 2.05) is 18.2 Å². The fourth-order valence-electron chi connectivity index (χ4n) is 5.62. The number of morpholine rings is 1. The molecule has 6 rings (SSSR count). The Morgan fingerprint density at radius 3 is 2.47 bits per heavy atom. The lowest BCUT2D eigenvalue weighted by atomic mass is 10.1. The highest BCUT2D eigenvalue weighted by atomic mass is 16.5. The molecule has 0 spiro atoms. The Hall–Kier alpha value is -3.08. The van der Waals surface area contributed by atoms with Crippen molar-refractivity contribution in [3.63, 3.8) is 0 Å². The van der Waals surface area contributed by atoms with E-state index in [1.54, 1.807) is 0 Å². The Morgan fingerprint density at radius 2 is 1.72 bits per heavy atom. The number of nitrogens with one attached hydrogen (secondary N) is 1. The molecular weight excluding hydrogens is 454 g/mol. The summed E-state index contributed by atoms with van der Waals surface area (Å²) in [6.45, 7) is 12.3. The van der Waals surface area contributed by atoms with Crippen LogP contribution in [0.25, 0.3) is 28.1 Å². The molecule has 2 saturated heterocycles. The predicted molar refractivity (Wildman–Crippen MR) is 141 cm³/mol. The molecule has 0 bridgehead atoms. The molecule has 1 N–H and O–H groups in total. The maximum atomic E-state index is 5.64. The molecule has 190 valence electrons. The summed E-state index contributed by atoms with van der Waals surface area (Å²) in [7, 11) is 2.08. The van der Waals surface area contributed by atoms with Crippen LogP contribution in [0.4, 0.5) is 5.82 Å². The molecule has 10 heteroatoms. The van der Waals surface area contributed by atoms with Crippen LogP contribution < -0.4 is 10.2 Å². The number of nitrogens with zero attached hydrogens (tertiary/aromatic N) is 8. The van der Waals surface area contributed by atoms with E-state index in [4.69, 9.17) is 24.7 Å². The van der Waals surface area contributed by atoms with Crippen molar-refractivity contribution in [2.45, 2.75) is 45.8 Å². The summed E-state index contributed by atoms with van der Waals surface area (Å²) in [4.78, 5) is 25.0. The van der Waals surface area contributed by atoms with E-state index in [0.717, 1.165) is 78.8 Å². The highest BCUT2D eigenvalue weighted by Gasteiger charge is 2.26. The summed E-state index contributed by atoms with van der Waals surface area (Å²) < 4.78 is 9.89. The summed E-state index contributed by atoms with van der Waals surface area (Å²) >= 11 is 0. The van der Waals surface area contributed by atoms with Crippen molar-refractivity contribution in [2.24, 2.45) is 7.05 Å². The van der Waals surface area contributed by atoms with E-state index in [-0.39, 0.29) is 0 Å². The lowest BCUT2D eigenvalue weighted by molar-refractivity contribution is 0.122. The van der Waals surface area contributed by atoms with Crippen LogP contribution in [0, 0.1) is 0 Å². The van der Waals surface area contributed by atoms with Crippen LogP contribution in [-0.4, -0.2) is 85.4 Å². The van der Waals surface area contributed by atoms with E-state index in [1.165, 1.54) is 0 Å². The minimum absolute atomic E-state index is 0.459. The first-order valence-corrected chi connectivity index (χ1v) is 13.0. The zero-order valence-corrected chi connectivity index (χ0v) is 21.6. The molecule has 0 radical (unpaired) electrons. The number of piperazine rings is 1. The zero-order valence-electron chi connectivity index (χ0n) is 21.6. The number of para-hydroxylation sites is 2. The third kappa shape index (κ3) is 4.12. The van der Waals surface area contributed by atoms with Crippen molar-refractivity contribution >= 4 is 28.0 Å². The smallest absolute Gasteiger partial charge is 0.239 e. The molecule has 2 unspecified atom stereocenters. The Bertz CT molecular complexity index is 1380. The topological polar surface area (TPSA) is 89.2 Å². The van der Waals surface area contributed by atoms with Crippen LogP contribution in [-0.2, 0) is 24.8 Å². The molecule has 36 heavy (non-hydrogen) atoms. The van der Waals surface area contributed by atoms with Crippen molar-refractivity contribution in [3.05, 3.63) is 35.9 Å². The molecular formula is C26H35N9O. The first-order valence-electron chi connectivity index (χ1n) is 13.0. The minimum atomic E-state index is 0.459. The maximum Gasteiger partial charge on any atom is 0.239 e. The van der Waals surface area contributed by atoms with Crippen molar-refractivity contribution in [1.29, 1.82) is 0 Å². The second-order valence-electron chi connectivity index (χ2n) is 10.1. The van der Waals surface area contributed by atoms with Crippen LogP contribution >= 0.6 is 0 Å². The van der Waals surface area contributed by atoms with E-state index < -0.39 is 0 Å². The number of hydrogen-bond acceptors (Lipinski definition) is 8. The molecule has 0 aliphatic carbocycles. The molecule has 1 aromatic carbocycles. The Labute approximate surface area is 211 Å². The van der Waals surface area contributed by atoms with Gasteiger partial charge in [0.2, 0.25) is 5.95 Å². The van der Waals surface area contributed by atoms with Gasteiger partial charge in [-0.2, -0.15) is 9.97 Å². The van der Waals surface area contributed by atoms with Gasteiger partial charge in [0.15, 0.2) is 17.0 Å². The van der Waals surface area contributed by atoms with Crippen molar-refractivity contribution in [3.8, 4) is 5.95 Å². The minimum Gasteiger partial charge on any atom is -0.378 e. The molecule has 2 fully saturated rings. The molecule has 2 aliphatic rings. The number of imidazole rings is 2. The van der Waals surface area contributed by atoms with Crippen molar-refractivity contribution in [2.75, 3.05) is 44.3 Å². The standard InChI is InChI=1S/C26H35N9O/c1-5-21-28-19-8-6-7-9-20(19)35(21)26-30-24-23(25(31-26)34-10-12-36-13-11-34)29-22(32(24)4)16-33-14-17(2)27-18(3)15-33/h6-9,17-18,27H,5,10-16H2,1-4H3. The van der Waals surface area contributed by atoms with Crippen LogP contribution in [0.1, 0.15) is 32.4 Å². The van der Waals surface area contributed by atoms with Gasteiger partial charge in [0.05, 0.1) is 30.8 Å². The monoisotopic (exact) mass is 489 g/mol. The second kappa shape index (κ2) is 9.42. The van der Waals surface area contributed by atoms with Gasteiger partial charge in [-0.15, -0.1) is 0 Å². The molecule has 2 aliphatic heterocycles. The van der Waals surface area contributed by atoms with Crippen LogP contribution in [0.2, 0.25) is 0 Å². The third-order valence-electron chi connectivity index (χ3n) is 7.24. The average molecular weight is 490 g/mol. The Kier molecular flexibility index (Phi) is 6.10. The lowest BCUT2D eigenvalue weighted by Crippen LogP contribution is -2.53. The number of fused-ring (bicyclic) bond motifs is 2. The van der Waals surface area contributed by atoms with Gasteiger partial charge in [-0.1, -0.05) is 19.1 Å². The number of ether oxygens (including phenoxy) is 1. The van der Waals surface area contributed by atoms with E-state index >= 15 is 0 Å². The van der Waals surface area contributed by atoms with Crippen LogP contribution in [0.5, 0.6) is 0 Å². The van der Waals surface area contributed by atoms with E-state index in [0.29, 0.717) is 31.2 Å². The van der Waals surface area contributed by atoms with Crippen LogP contribution in [0.3, 0.4) is 0 Å². The Balaban J connectivity index is 1.50. The van der Waals surface area contributed by atoms with Crippen molar-refractivity contribution in [1.82, 2.24) is 39.3 Å². The van der Waals surface area contributed by atoms with Gasteiger partial charge < -0.3 is 19.5 Å². The van der Waals surface area contributed by atoms with Gasteiger partial charge in [-0.25, -0.2) is 9.97 Å². The molecule has 2 atom stereocenters. The number of rotatable bonds is 5. The quantitative estimate of drug-likeness (QED) is 0.457. The summed E-state index contributed by atoms with van der Waals surface area (Å²) in [5.74, 6) is 3.49. The largest absolute Gasteiger partial charge is 0.378 e. The molecule has 3 aromatic heterocycles. The Morgan fingerprint density at radius 1 is 0.972 bits per heavy atom. The number of benzene rings is 1. The van der Waals surface area contributed by atoms with E-state index in [2.05, 4.69) is 58.1 Å². The summed E-state index contributed by atoms with van der Waals surface area (Å²) in [5, 5.41) is 3.62. The summed E-state index contributed by atoms with van der Waals surface area (Å²) in [5.41, 5.74) is 3.69. The number of aryl methyl sites for hydroxylation is 2. The maximum absolute atomic E-state index is 5.64. The first kappa shape index (κ1) is 23.3.